The van der Waals surface area contributed by atoms with Crippen LogP contribution in [0, 0.1) is 0 Å². The molecule has 0 aliphatic rings. The standard InChI is InChI=1S/C18H13BrClNO2/c1-2-21-16-8-5-12(19)9-14(16)15(10-17(21)22)18(23)11-3-6-13(20)7-4-11/h3-10H,2H2,1H3. The van der Waals surface area contributed by atoms with Crippen molar-refractivity contribution in [2.45, 2.75) is 13.5 Å². The Balaban J connectivity index is 2.28. The van der Waals surface area contributed by atoms with E-state index in [1.54, 1.807) is 28.8 Å². The number of nitrogens with zero attached hydrogens (tertiary/aromatic N) is 1. The average molecular weight is 391 g/mol. The van der Waals surface area contributed by atoms with Crippen molar-refractivity contribution in [3.8, 4) is 0 Å². The molecule has 0 aliphatic carbocycles. The third-order valence-electron chi connectivity index (χ3n) is 3.74. The molecule has 0 spiro atoms. The number of carbonyl (C=O) groups is 1. The smallest absolute Gasteiger partial charge is 0.251 e. The molecule has 0 radical (unpaired) electrons. The minimum atomic E-state index is -0.190. The quantitative estimate of drug-likeness (QED) is 0.610. The van der Waals surface area contributed by atoms with Gasteiger partial charge in [0.25, 0.3) is 5.56 Å². The molecule has 1 heterocycles. The van der Waals surface area contributed by atoms with E-state index in [2.05, 4.69) is 15.9 Å². The predicted molar refractivity (Wildman–Crippen MR) is 96.5 cm³/mol. The zero-order chi connectivity index (χ0) is 16.6. The maximum absolute atomic E-state index is 12.8. The van der Waals surface area contributed by atoms with Crippen molar-refractivity contribution in [1.82, 2.24) is 4.57 Å². The second-order valence-corrected chi connectivity index (χ2v) is 6.49. The molecule has 0 atom stereocenters. The normalized spacial score (nSPS) is 10.9. The number of carbonyl (C=O) groups excluding carboxylic acids is 1. The van der Waals surface area contributed by atoms with Gasteiger partial charge < -0.3 is 4.57 Å². The Hall–Kier alpha value is -1.91. The largest absolute Gasteiger partial charge is 0.309 e. The summed E-state index contributed by atoms with van der Waals surface area (Å²) >= 11 is 9.30. The van der Waals surface area contributed by atoms with Crippen LogP contribution in [0.3, 0.4) is 0 Å². The molecular weight excluding hydrogens is 378 g/mol. The number of hydrogen-bond donors (Lipinski definition) is 0. The van der Waals surface area contributed by atoms with E-state index in [4.69, 9.17) is 11.6 Å². The van der Waals surface area contributed by atoms with Gasteiger partial charge in [0.15, 0.2) is 5.78 Å². The van der Waals surface area contributed by atoms with Gasteiger partial charge in [-0.25, -0.2) is 0 Å². The van der Waals surface area contributed by atoms with Gasteiger partial charge in [-0.1, -0.05) is 27.5 Å². The summed E-state index contributed by atoms with van der Waals surface area (Å²) in [6.45, 7) is 2.45. The molecule has 3 rings (SSSR count). The highest BCUT2D eigenvalue weighted by molar-refractivity contribution is 9.10. The molecular formula is C18H13BrClNO2. The second-order valence-electron chi connectivity index (χ2n) is 5.14. The van der Waals surface area contributed by atoms with Crippen LogP contribution in [0.15, 0.2) is 57.8 Å². The molecule has 0 saturated carbocycles. The van der Waals surface area contributed by atoms with Crippen molar-refractivity contribution >= 4 is 44.2 Å². The minimum absolute atomic E-state index is 0.181. The fraction of sp³-hybridized carbons (Fsp3) is 0.111. The Labute approximate surface area is 146 Å². The number of aromatic nitrogens is 1. The fourth-order valence-electron chi connectivity index (χ4n) is 2.63. The van der Waals surface area contributed by atoms with Crippen LogP contribution < -0.4 is 5.56 Å². The van der Waals surface area contributed by atoms with E-state index in [1.165, 1.54) is 6.07 Å². The zero-order valence-electron chi connectivity index (χ0n) is 12.3. The number of fused-ring (bicyclic) bond motifs is 1. The monoisotopic (exact) mass is 389 g/mol. The molecule has 116 valence electrons. The van der Waals surface area contributed by atoms with Crippen LogP contribution in [0.2, 0.25) is 5.02 Å². The molecule has 0 fully saturated rings. The van der Waals surface area contributed by atoms with Gasteiger partial charge >= 0.3 is 0 Å². The Morgan fingerprint density at radius 2 is 1.83 bits per heavy atom. The number of benzene rings is 2. The molecule has 0 aliphatic heterocycles. The SMILES string of the molecule is CCn1c(=O)cc(C(=O)c2ccc(Cl)cc2)c2cc(Br)ccc21. The molecule has 1 aromatic heterocycles. The highest BCUT2D eigenvalue weighted by atomic mass is 79.9. The number of ketones is 1. The molecule has 2 aromatic carbocycles. The van der Waals surface area contributed by atoms with Crippen molar-refractivity contribution in [3.63, 3.8) is 0 Å². The summed E-state index contributed by atoms with van der Waals surface area (Å²) in [7, 11) is 0. The molecule has 0 unspecified atom stereocenters. The number of pyridine rings is 1. The lowest BCUT2D eigenvalue weighted by atomic mass is 9.99. The van der Waals surface area contributed by atoms with E-state index in [1.807, 2.05) is 25.1 Å². The van der Waals surface area contributed by atoms with Crippen LogP contribution >= 0.6 is 27.5 Å². The van der Waals surface area contributed by atoms with Gasteiger partial charge in [-0.15, -0.1) is 0 Å². The van der Waals surface area contributed by atoms with Crippen LogP contribution in [0.25, 0.3) is 10.9 Å². The minimum Gasteiger partial charge on any atom is -0.309 e. The maximum atomic E-state index is 12.8. The first-order chi connectivity index (χ1) is 11.0. The van der Waals surface area contributed by atoms with E-state index in [9.17, 15) is 9.59 Å². The molecule has 0 saturated heterocycles. The predicted octanol–water partition coefficient (Wildman–Crippen LogP) is 4.67. The van der Waals surface area contributed by atoms with Crippen LogP contribution in [0.1, 0.15) is 22.8 Å². The highest BCUT2D eigenvalue weighted by Gasteiger charge is 2.16. The third kappa shape index (κ3) is 2.96. The van der Waals surface area contributed by atoms with Gasteiger partial charge in [0.1, 0.15) is 0 Å². The lowest BCUT2D eigenvalue weighted by molar-refractivity contribution is 0.104. The Morgan fingerprint density at radius 3 is 2.48 bits per heavy atom. The lowest BCUT2D eigenvalue weighted by Crippen LogP contribution is -2.21. The molecule has 0 N–H and O–H groups in total. The number of aryl methyl sites for hydroxylation is 1. The first kappa shape index (κ1) is 16.0. The summed E-state index contributed by atoms with van der Waals surface area (Å²) < 4.78 is 2.51. The third-order valence-corrected chi connectivity index (χ3v) is 4.49. The number of hydrogen-bond acceptors (Lipinski definition) is 2. The van der Waals surface area contributed by atoms with E-state index in [0.717, 1.165) is 15.4 Å². The summed E-state index contributed by atoms with van der Waals surface area (Å²) in [5.74, 6) is -0.190. The van der Waals surface area contributed by atoms with Gasteiger partial charge in [-0.3, -0.25) is 9.59 Å². The molecule has 3 aromatic rings. The zero-order valence-corrected chi connectivity index (χ0v) is 14.7. The van der Waals surface area contributed by atoms with Crippen molar-refractivity contribution in [1.29, 1.82) is 0 Å². The highest BCUT2D eigenvalue weighted by Crippen LogP contribution is 2.24. The van der Waals surface area contributed by atoms with Crippen LogP contribution in [-0.4, -0.2) is 10.4 Å². The lowest BCUT2D eigenvalue weighted by Gasteiger charge is -2.12. The van der Waals surface area contributed by atoms with Gasteiger partial charge in [-0.2, -0.15) is 0 Å². The van der Waals surface area contributed by atoms with Crippen LogP contribution in [-0.2, 0) is 6.54 Å². The number of rotatable bonds is 3. The van der Waals surface area contributed by atoms with Crippen molar-refractivity contribution < 1.29 is 4.79 Å². The molecule has 23 heavy (non-hydrogen) atoms. The second kappa shape index (κ2) is 6.30. The molecule has 5 heteroatoms. The van der Waals surface area contributed by atoms with Crippen molar-refractivity contribution in [2.24, 2.45) is 0 Å². The summed E-state index contributed by atoms with van der Waals surface area (Å²) in [4.78, 5) is 25.2. The first-order valence-corrected chi connectivity index (χ1v) is 8.31. The van der Waals surface area contributed by atoms with Gasteiger partial charge in [0.05, 0.1) is 5.52 Å². The molecule has 0 amide bonds. The Kier molecular flexibility index (Phi) is 4.37. The number of halogens is 2. The van der Waals surface area contributed by atoms with Gasteiger partial charge in [0.2, 0.25) is 0 Å². The Morgan fingerprint density at radius 1 is 1.13 bits per heavy atom. The van der Waals surface area contributed by atoms with E-state index in [0.29, 0.717) is 22.7 Å². The average Bonchev–Trinajstić information content (AvgIpc) is 2.54. The maximum Gasteiger partial charge on any atom is 0.251 e. The first-order valence-electron chi connectivity index (χ1n) is 7.14. The van der Waals surface area contributed by atoms with Crippen molar-refractivity contribution in [2.75, 3.05) is 0 Å². The molecule has 0 bridgehead atoms. The van der Waals surface area contributed by atoms with E-state index < -0.39 is 0 Å². The van der Waals surface area contributed by atoms with Gasteiger partial charge in [0, 0.05) is 38.6 Å². The van der Waals surface area contributed by atoms with Crippen LogP contribution in [0.5, 0.6) is 0 Å². The topological polar surface area (TPSA) is 39.1 Å². The fourth-order valence-corrected chi connectivity index (χ4v) is 3.12. The van der Waals surface area contributed by atoms with Crippen LogP contribution in [0.4, 0.5) is 0 Å². The summed E-state index contributed by atoms with van der Waals surface area (Å²) in [5.41, 5.74) is 1.47. The van der Waals surface area contributed by atoms with E-state index >= 15 is 0 Å². The van der Waals surface area contributed by atoms with Gasteiger partial charge in [-0.05, 0) is 49.4 Å². The summed E-state index contributed by atoms with van der Waals surface area (Å²) in [6.07, 6.45) is 0. The molecule has 3 nitrogen and oxygen atoms in total. The summed E-state index contributed by atoms with van der Waals surface area (Å²) in [6, 6.07) is 13.7. The Bertz CT molecular complexity index is 961. The van der Waals surface area contributed by atoms with E-state index in [-0.39, 0.29) is 11.3 Å². The summed E-state index contributed by atoms with van der Waals surface area (Å²) in [5, 5.41) is 1.32. The van der Waals surface area contributed by atoms with Crippen molar-refractivity contribution in [3.05, 3.63) is 79.5 Å².